The van der Waals surface area contributed by atoms with Crippen molar-refractivity contribution < 1.29 is 84.8 Å². The van der Waals surface area contributed by atoms with Gasteiger partial charge in [-0.2, -0.15) is 0 Å². The molecule has 6 amide bonds. The maximum atomic E-state index is 12.4. The van der Waals surface area contributed by atoms with Gasteiger partial charge in [0.1, 0.15) is 11.9 Å². The third-order valence-electron chi connectivity index (χ3n) is 6.95. The number of carbonyl (C=O) groups is 7. The summed E-state index contributed by atoms with van der Waals surface area (Å²) in [6, 6.07) is -2.67. The van der Waals surface area contributed by atoms with Crippen LogP contribution in [-0.4, -0.2) is 148 Å². The zero-order valence-electron chi connectivity index (χ0n) is 33.7. The van der Waals surface area contributed by atoms with Gasteiger partial charge in [0.2, 0.25) is 23.6 Å². The molecule has 24 nitrogen and oxygen atoms in total. The minimum absolute atomic E-state index is 0.0329. The number of esters is 1. The van der Waals surface area contributed by atoms with Gasteiger partial charge in [-0.3, -0.25) is 42.1 Å². The van der Waals surface area contributed by atoms with Crippen LogP contribution in [-0.2, 0) is 70.2 Å². The van der Waals surface area contributed by atoms with Crippen LogP contribution < -0.4 is 31.9 Å². The summed E-state index contributed by atoms with van der Waals surface area (Å²) >= 11 is 0. The fraction of sp³-hybridized carbons (Fsp3) is 0.781. The largest absolute Gasteiger partial charge is 0.472 e. The van der Waals surface area contributed by atoms with E-state index >= 15 is 0 Å². The summed E-state index contributed by atoms with van der Waals surface area (Å²) in [7, 11) is -9.39. The monoisotopic (exact) mass is 878 g/mol. The van der Waals surface area contributed by atoms with Crippen molar-refractivity contribution in [3.05, 3.63) is 0 Å². The van der Waals surface area contributed by atoms with Crippen LogP contribution in [0, 0.1) is 5.92 Å². The van der Waals surface area contributed by atoms with Crippen molar-refractivity contribution >= 4 is 57.1 Å². The van der Waals surface area contributed by atoms with Gasteiger partial charge in [-0.1, -0.05) is 6.92 Å². The quantitative estimate of drug-likeness (QED) is 0.0227. The summed E-state index contributed by atoms with van der Waals surface area (Å²) in [6.45, 7) is 5.41. The Hall–Kier alpha value is -3.57. The van der Waals surface area contributed by atoms with Crippen LogP contribution in [0.25, 0.3) is 0 Å². The Morgan fingerprint density at radius 3 is 1.41 bits per heavy atom. The summed E-state index contributed by atoms with van der Waals surface area (Å²) in [4.78, 5) is 101. The molecule has 0 aliphatic heterocycles. The summed E-state index contributed by atoms with van der Waals surface area (Å²) in [6.07, 6.45) is 0.806. The summed E-state index contributed by atoms with van der Waals surface area (Å²) in [5, 5.41) is 14.3. The van der Waals surface area contributed by atoms with Crippen LogP contribution >= 0.6 is 15.6 Å². The highest BCUT2D eigenvalue weighted by atomic mass is 31.2. The van der Waals surface area contributed by atoms with Crippen molar-refractivity contribution in [1.82, 2.24) is 31.9 Å². The molecule has 0 bridgehead atoms. The summed E-state index contributed by atoms with van der Waals surface area (Å²) in [5.41, 5.74) is 0. The first kappa shape index (κ1) is 54.4. The van der Waals surface area contributed by atoms with Gasteiger partial charge < -0.3 is 60.7 Å². The van der Waals surface area contributed by atoms with E-state index in [1.54, 1.807) is 6.92 Å². The summed E-state index contributed by atoms with van der Waals surface area (Å²) < 4.78 is 60.5. The lowest BCUT2D eigenvalue weighted by Crippen LogP contribution is -2.45. The molecule has 0 fully saturated rings. The van der Waals surface area contributed by atoms with E-state index in [2.05, 4.69) is 31.9 Å². The molecule has 0 saturated heterocycles. The predicted molar refractivity (Wildman–Crippen MR) is 203 cm³/mol. The van der Waals surface area contributed by atoms with E-state index in [0.29, 0.717) is 19.3 Å². The highest BCUT2D eigenvalue weighted by Gasteiger charge is 2.26. The fourth-order valence-corrected chi connectivity index (χ4v) is 5.84. The fourth-order valence-electron chi connectivity index (χ4n) is 4.31. The van der Waals surface area contributed by atoms with E-state index in [1.807, 2.05) is 6.92 Å². The molecule has 6 atom stereocenters. The lowest BCUT2D eigenvalue weighted by molar-refractivity contribution is -0.146. The Kier molecular flexibility index (Phi) is 28.6. The molecule has 0 rings (SSSR count). The van der Waals surface area contributed by atoms with Crippen molar-refractivity contribution in [2.24, 2.45) is 5.92 Å². The normalized spacial score (nSPS) is 15.2. The van der Waals surface area contributed by atoms with Gasteiger partial charge in [-0.05, 0) is 26.2 Å². The Morgan fingerprint density at radius 1 is 0.586 bits per heavy atom. The van der Waals surface area contributed by atoms with Crippen molar-refractivity contribution in [3.8, 4) is 0 Å². The number of rotatable bonds is 33. The van der Waals surface area contributed by atoms with Crippen LogP contribution in [0.15, 0.2) is 0 Å². The van der Waals surface area contributed by atoms with E-state index in [-0.39, 0.29) is 64.3 Å². The number of amides is 6. The van der Waals surface area contributed by atoms with E-state index in [0.717, 1.165) is 0 Å². The summed E-state index contributed by atoms with van der Waals surface area (Å²) in [5.74, 6) is -2.52. The average molecular weight is 879 g/mol. The van der Waals surface area contributed by atoms with Crippen LogP contribution in [0.4, 0.5) is 4.79 Å². The third-order valence-corrected chi connectivity index (χ3v) is 8.92. The van der Waals surface area contributed by atoms with Gasteiger partial charge in [-0.15, -0.1) is 0 Å². The molecule has 58 heavy (non-hydrogen) atoms. The molecule has 0 saturated carbocycles. The SMILES string of the molecule is CC(=O)C[C@H](C)CCOC[C@H](COP(=O)(O)OCCNC(=O)NCCOP(=O)(O)OC[C@@H](COCC[C@@H](C)OC(C)=O)NC(=O)CNC(C)=O)NC(=O)CNC(C)=O. The lowest BCUT2D eigenvalue weighted by atomic mass is 10.0. The molecule has 336 valence electrons. The second-order valence-electron chi connectivity index (χ2n) is 12.9. The van der Waals surface area contributed by atoms with E-state index in [4.69, 9.17) is 32.3 Å². The van der Waals surface area contributed by atoms with Crippen molar-refractivity contribution in [3.63, 3.8) is 0 Å². The van der Waals surface area contributed by atoms with E-state index in [9.17, 15) is 52.5 Å². The van der Waals surface area contributed by atoms with Gasteiger partial charge in [0.15, 0.2) is 0 Å². The molecule has 0 aliphatic carbocycles. The lowest BCUT2D eigenvalue weighted by Gasteiger charge is -2.21. The Balaban J connectivity index is 4.71. The van der Waals surface area contributed by atoms with Gasteiger partial charge in [0.05, 0.1) is 71.4 Å². The highest BCUT2D eigenvalue weighted by Crippen LogP contribution is 2.43. The number of carbonyl (C=O) groups excluding carboxylic acids is 7. The van der Waals surface area contributed by atoms with E-state index < -0.39 is 95.9 Å². The zero-order chi connectivity index (χ0) is 44.1. The molecular formula is C32H60N6O18P2. The molecule has 2 unspecified atom stereocenters. The number of hydrogen-bond donors (Lipinski definition) is 8. The van der Waals surface area contributed by atoms with E-state index in [1.165, 1.54) is 27.7 Å². The number of nitrogens with one attached hydrogen (secondary N) is 6. The number of ketones is 1. The minimum Gasteiger partial charge on any atom is -0.463 e. The molecule has 0 heterocycles. The van der Waals surface area contributed by atoms with Crippen LogP contribution in [0.1, 0.15) is 60.8 Å². The molecule has 0 aromatic carbocycles. The molecule has 0 aliphatic rings. The van der Waals surface area contributed by atoms with Crippen molar-refractivity contribution in [2.45, 2.75) is 79.0 Å². The van der Waals surface area contributed by atoms with Gasteiger partial charge in [0.25, 0.3) is 0 Å². The molecule has 8 N–H and O–H groups in total. The first-order valence-corrected chi connectivity index (χ1v) is 21.2. The van der Waals surface area contributed by atoms with Gasteiger partial charge >= 0.3 is 27.6 Å². The molecule has 0 spiro atoms. The predicted octanol–water partition coefficient (Wildman–Crippen LogP) is -0.825. The minimum atomic E-state index is -4.70. The number of phosphoric acid groups is 2. The molecular weight excluding hydrogens is 818 g/mol. The Bertz CT molecular complexity index is 1310. The zero-order valence-corrected chi connectivity index (χ0v) is 35.5. The Labute approximate surface area is 337 Å². The highest BCUT2D eigenvalue weighted by molar-refractivity contribution is 7.47. The number of hydrogen-bond acceptors (Lipinski definition) is 16. The number of Topliss-reactive ketones (excluding diaryl/α,β-unsaturated/α-hetero) is 1. The van der Waals surface area contributed by atoms with Crippen LogP contribution in [0.3, 0.4) is 0 Å². The third kappa shape index (κ3) is 33.4. The number of phosphoric ester groups is 2. The number of ether oxygens (including phenoxy) is 3. The maximum absolute atomic E-state index is 12.4. The first-order valence-electron chi connectivity index (χ1n) is 18.2. The topological polar surface area (TPSA) is 331 Å². The Morgan fingerprint density at radius 2 is 1.02 bits per heavy atom. The van der Waals surface area contributed by atoms with Crippen LogP contribution in [0.2, 0.25) is 0 Å². The van der Waals surface area contributed by atoms with Gasteiger partial charge in [-0.25, -0.2) is 13.9 Å². The number of urea groups is 1. The molecule has 0 aromatic heterocycles. The molecule has 0 radical (unpaired) electrons. The van der Waals surface area contributed by atoms with Crippen molar-refractivity contribution in [1.29, 1.82) is 0 Å². The second kappa shape index (κ2) is 30.5. The first-order chi connectivity index (χ1) is 27.1. The smallest absolute Gasteiger partial charge is 0.463 e. The molecule has 26 heteroatoms. The molecule has 0 aromatic rings. The maximum Gasteiger partial charge on any atom is 0.472 e. The van der Waals surface area contributed by atoms with Crippen molar-refractivity contribution in [2.75, 3.05) is 79.0 Å². The second-order valence-corrected chi connectivity index (χ2v) is 15.8. The standard InChI is InChI=1S/C32H60N6O18P2/c1-22(15-23(2)39)7-11-50-18-28(37-30(43)16-35-25(4)40)20-54-57(46,47)52-13-9-33-32(45)34-10-14-53-58(48,49)55-21-29(38-31(44)17-36-26(5)41)19-51-12-8-24(3)56-27(6)42/h22,24,28-29H,7-21H2,1-6H3,(H,35,40)(H,36,41)(H,37,43)(H,38,44)(H,46,47)(H,48,49)(H2,33,34,45)/t22-,24-,28-,29-/m1/s1. The average Bonchev–Trinajstić information content (AvgIpc) is 3.11. The van der Waals surface area contributed by atoms with Gasteiger partial charge in [0, 0.05) is 53.3 Å². The van der Waals surface area contributed by atoms with Crippen LogP contribution in [0.5, 0.6) is 0 Å².